The van der Waals surface area contributed by atoms with Crippen molar-refractivity contribution in [1.82, 2.24) is 0 Å². The van der Waals surface area contributed by atoms with Crippen LogP contribution in [0.25, 0.3) is 0 Å². The minimum atomic E-state index is -0.260. The predicted octanol–water partition coefficient (Wildman–Crippen LogP) is 2.50. The van der Waals surface area contributed by atoms with Crippen molar-refractivity contribution in [3.05, 3.63) is 35.6 Å². The topological polar surface area (TPSA) is 0 Å². The summed E-state index contributed by atoms with van der Waals surface area (Å²) in [4.78, 5) is 0. The Labute approximate surface area is 59.7 Å². The molecule has 0 saturated heterocycles. The van der Waals surface area contributed by atoms with E-state index in [4.69, 9.17) is 0 Å². The van der Waals surface area contributed by atoms with Crippen LogP contribution in [-0.2, 0) is 0 Å². The van der Waals surface area contributed by atoms with E-state index in [2.05, 4.69) is 6.07 Å². The molecule has 0 heterocycles. The fourth-order valence-electron chi connectivity index (χ4n) is 1.09. The molecule has 1 heteroatoms. The molecule has 1 saturated carbocycles. The van der Waals surface area contributed by atoms with Gasteiger partial charge in [0.25, 0.3) is 0 Å². The molecule has 2 rings (SSSR count). The van der Waals surface area contributed by atoms with Gasteiger partial charge in [-0.1, -0.05) is 6.07 Å². The number of benzene rings is 1. The second kappa shape index (κ2) is 2.08. The molecule has 1 aromatic carbocycles. The minimum absolute atomic E-state index is 0.260. The molecule has 0 nitrogen and oxygen atoms in total. The Balaban J connectivity index is 2.28. The van der Waals surface area contributed by atoms with E-state index in [9.17, 15) is 4.39 Å². The van der Waals surface area contributed by atoms with Crippen LogP contribution in [0.5, 0.6) is 0 Å². The number of hydrogen-bond acceptors (Lipinski definition) is 0. The van der Waals surface area contributed by atoms with Gasteiger partial charge in [-0.3, -0.25) is 0 Å². The van der Waals surface area contributed by atoms with E-state index in [1.807, 2.05) is 6.07 Å². The Morgan fingerprint density at radius 1 is 1.40 bits per heavy atom. The van der Waals surface area contributed by atoms with Crippen molar-refractivity contribution in [3.8, 4) is 0 Å². The zero-order valence-electron chi connectivity index (χ0n) is 5.60. The summed E-state index contributed by atoms with van der Waals surface area (Å²) in [6.07, 6.45) is 2.53. The van der Waals surface area contributed by atoms with Gasteiger partial charge in [0.15, 0.2) is 0 Å². The standard InChI is InChI=1S/C9H8F/c10-9-5-3-8(4-6-9)7-1-2-7/h3-5,7H,1-2H2. The molecule has 1 fully saturated rings. The zero-order chi connectivity index (χ0) is 6.97. The van der Waals surface area contributed by atoms with Crippen molar-refractivity contribution in [1.29, 1.82) is 0 Å². The third-order valence-corrected chi connectivity index (χ3v) is 1.85. The van der Waals surface area contributed by atoms with E-state index in [1.54, 1.807) is 6.07 Å². The Hall–Kier alpha value is -0.850. The maximum atomic E-state index is 12.3. The third kappa shape index (κ3) is 1.04. The SMILES string of the molecule is Fc1[c]cc(C2CC2)cc1. The minimum Gasteiger partial charge on any atom is -0.206 e. The number of halogens is 1. The average Bonchev–Trinajstić information content (AvgIpc) is 2.71. The van der Waals surface area contributed by atoms with Crippen molar-refractivity contribution < 1.29 is 4.39 Å². The lowest BCUT2D eigenvalue weighted by atomic mass is 10.1. The van der Waals surface area contributed by atoms with Gasteiger partial charge in [0.1, 0.15) is 5.82 Å². The number of hydrogen-bond donors (Lipinski definition) is 0. The average molecular weight is 135 g/mol. The summed E-state index contributed by atoms with van der Waals surface area (Å²) in [7, 11) is 0. The summed E-state index contributed by atoms with van der Waals surface area (Å²) in [5.41, 5.74) is 1.24. The molecule has 1 aliphatic carbocycles. The largest absolute Gasteiger partial charge is 0.206 e. The molecule has 0 unspecified atom stereocenters. The van der Waals surface area contributed by atoms with Crippen LogP contribution >= 0.6 is 0 Å². The van der Waals surface area contributed by atoms with Crippen molar-refractivity contribution in [2.24, 2.45) is 0 Å². The van der Waals surface area contributed by atoms with Crippen molar-refractivity contribution >= 4 is 0 Å². The molecular formula is C9H8F. The van der Waals surface area contributed by atoms with E-state index >= 15 is 0 Å². The lowest BCUT2D eigenvalue weighted by molar-refractivity contribution is 0.624. The van der Waals surface area contributed by atoms with Gasteiger partial charge in [0.2, 0.25) is 0 Å². The lowest BCUT2D eigenvalue weighted by Crippen LogP contribution is -1.78. The summed E-state index contributed by atoms with van der Waals surface area (Å²) in [6.45, 7) is 0. The summed E-state index contributed by atoms with van der Waals surface area (Å²) in [5.74, 6) is 0.446. The number of rotatable bonds is 1. The lowest BCUT2D eigenvalue weighted by Gasteiger charge is -1.93. The first kappa shape index (κ1) is 5.90. The molecule has 0 aromatic heterocycles. The fraction of sp³-hybridized carbons (Fsp3) is 0.333. The van der Waals surface area contributed by atoms with Gasteiger partial charge in [-0.25, -0.2) is 4.39 Å². The van der Waals surface area contributed by atoms with E-state index in [-0.39, 0.29) is 5.82 Å². The molecule has 0 aliphatic heterocycles. The van der Waals surface area contributed by atoms with E-state index in [0.29, 0.717) is 5.92 Å². The molecule has 0 N–H and O–H groups in total. The van der Waals surface area contributed by atoms with Crippen molar-refractivity contribution in [2.45, 2.75) is 18.8 Å². The molecule has 0 spiro atoms. The van der Waals surface area contributed by atoms with Crippen LogP contribution in [0.2, 0.25) is 0 Å². The first-order valence-electron chi connectivity index (χ1n) is 3.53. The molecule has 0 amide bonds. The van der Waals surface area contributed by atoms with Gasteiger partial charge in [0.05, 0.1) is 0 Å². The van der Waals surface area contributed by atoms with Crippen LogP contribution in [0.3, 0.4) is 0 Å². The fourth-order valence-corrected chi connectivity index (χ4v) is 1.09. The van der Waals surface area contributed by atoms with E-state index in [1.165, 1.54) is 24.5 Å². The van der Waals surface area contributed by atoms with Crippen molar-refractivity contribution in [3.63, 3.8) is 0 Å². The van der Waals surface area contributed by atoms with E-state index < -0.39 is 0 Å². The predicted molar refractivity (Wildman–Crippen MR) is 37.2 cm³/mol. The van der Waals surface area contributed by atoms with Gasteiger partial charge < -0.3 is 0 Å². The quantitative estimate of drug-likeness (QED) is 0.555. The Kier molecular flexibility index (Phi) is 1.23. The van der Waals surface area contributed by atoms with Crippen LogP contribution in [0, 0.1) is 11.9 Å². The van der Waals surface area contributed by atoms with Crippen LogP contribution in [0.15, 0.2) is 18.2 Å². The molecule has 0 bridgehead atoms. The van der Waals surface area contributed by atoms with Gasteiger partial charge >= 0.3 is 0 Å². The maximum absolute atomic E-state index is 12.3. The molecule has 1 aromatic rings. The van der Waals surface area contributed by atoms with Crippen LogP contribution in [0.4, 0.5) is 4.39 Å². The molecule has 51 valence electrons. The maximum Gasteiger partial charge on any atom is 0.131 e. The summed E-state index contributed by atoms with van der Waals surface area (Å²) >= 11 is 0. The second-order valence-electron chi connectivity index (χ2n) is 2.74. The third-order valence-electron chi connectivity index (χ3n) is 1.85. The first-order chi connectivity index (χ1) is 4.86. The normalized spacial score (nSPS) is 17.3. The summed E-state index contributed by atoms with van der Waals surface area (Å²) < 4.78 is 12.3. The first-order valence-corrected chi connectivity index (χ1v) is 3.53. The second-order valence-corrected chi connectivity index (χ2v) is 2.74. The highest BCUT2D eigenvalue weighted by atomic mass is 19.1. The van der Waals surface area contributed by atoms with Crippen molar-refractivity contribution in [2.75, 3.05) is 0 Å². The molecule has 10 heavy (non-hydrogen) atoms. The van der Waals surface area contributed by atoms with Crippen LogP contribution < -0.4 is 0 Å². The van der Waals surface area contributed by atoms with Gasteiger partial charge in [-0.05, 0) is 36.5 Å². The Morgan fingerprint density at radius 2 is 2.20 bits per heavy atom. The molecule has 1 radical (unpaired) electrons. The van der Waals surface area contributed by atoms with Gasteiger partial charge in [0, 0.05) is 6.07 Å². The molecular weight excluding hydrogens is 127 g/mol. The highest BCUT2D eigenvalue weighted by Crippen LogP contribution is 2.39. The highest BCUT2D eigenvalue weighted by Gasteiger charge is 2.22. The zero-order valence-corrected chi connectivity index (χ0v) is 5.60. The smallest absolute Gasteiger partial charge is 0.131 e. The highest BCUT2D eigenvalue weighted by molar-refractivity contribution is 5.23. The van der Waals surface area contributed by atoms with Gasteiger partial charge in [-0.15, -0.1) is 0 Å². The Bertz CT molecular complexity index is 221. The van der Waals surface area contributed by atoms with E-state index in [0.717, 1.165) is 0 Å². The Morgan fingerprint density at radius 3 is 2.70 bits per heavy atom. The van der Waals surface area contributed by atoms with Crippen LogP contribution in [0.1, 0.15) is 24.3 Å². The van der Waals surface area contributed by atoms with Gasteiger partial charge in [-0.2, -0.15) is 0 Å². The van der Waals surface area contributed by atoms with Crippen LogP contribution in [-0.4, -0.2) is 0 Å². The molecule has 1 aliphatic rings. The molecule has 0 atom stereocenters. The summed E-state index contributed by atoms with van der Waals surface area (Å²) in [6, 6.07) is 7.64. The monoisotopic (exact) mass is 135 g/mol. The summed E-state index contributed by atoms with van der Waals surface area (Å²) in [5, 5.41) is 0.